The second-order valence-electron chi connectivity index (χ2n) is 4.95. The van der Waals surface area contributed by atoms with Gasteiger partial charge in [0.05, 0.1) is 13.3 Å². The number of rotatable bonds is 6. The zero-order valence-electron chi connectivity index (χ0n) is 13.2. The van der Waals surface area contributed by atoms with Crippen LogP contribution in [0.3, 0.4) is 0 Å². The van der Waals surface area contributed by atoms with Crippen LogP contribution in [0.1, 0.15) is 16.7 Å². The van der Waals surface area contributed by atoms with Gasteiger partial charge in [0.2, 0.25) is 5.96 Å². The Balaban J connectivity index is 2.08. The summed E-state index contributed by atoms with van der Waals surface area (Å²) in [7, 11) is 1.59. The minimum absolute atomic E-state index is 0.0914. The van der Waals surface area contributed by atoms with Crippen molar-refractivity contribution in [3.63, 3.8) is 0 Å². The first-order valence-electron chi connectivity index (χ1n) is 7.07. The fourth-order valence-electron chi connectivity index (χ4n) is 1.89. The highest BCUT2D eigenvalue weighted by Crippen LogP contribution is 2.28. The molecule has 0 saturated heterocycles. The van der Waals surface area contributed by atoms with Gasteiger partial charge in [0.1, 0.15) is 6.61 Å². The Kier molecular flexibility index (Phi) is 5.57. The predicted molar refractivity (Wildman–Crippen MR) is 91.9 cm³/mol. The summed E-state index contributed by atoms with van der Waals surface area (Å²) >= 11 is 0. The zero-order chi connectivity index (χ0) is 16.7. The van der Waals surface area contributed by atoms with Gasteiger partial charge in [-0.25, -0.2) is 0 Å². The molecule has 0 unspecified atom stereocenters. The van der Waals surface area contributed by atoms with Crippen molar-refractivity contribution in [1.82, 2.24) is 0 Å². The van der Waals surface area contributed by atoms with E-state index in [1.54, 1.807) is 13.2 Å². The third-order valence-corrected chi connectivity index (χ3v) is 3.08. The van der Waals surface area contributed by atoms with Crippen molar-refractivity contribution < 1.29 is 9.47 Å². The van der Waals surface area contributed by atoms with Crippen LogP contribution in [0.15, 0.2) is 52.7 Å². The molecule has 0 saturated carbocycles. The van der Waals surface area contributed by atoms with E-state index in [0.29, 0.717) is 18.1 Å². The summed E-state index contributed by atoms with van der Waals surface area (Å²) < 4.78 is 11.2. The molecule has 2 rings (SSSR count). The van der Waals surface area contributed by atoms with E-state index < -0.39 is 0 Å². The highest BCUT2D eigenvalue weighted by atomic mass is 16.5. The first-order chi connectivity index (χ1) is 11.1. The minimum atomic E-state index is -0.0914. The number of ether oxygens (including phenoxy) is 2. The molecule has 0 aliphatic carbocycles. The van der Waals surface area contributed by atoms with Crippen LogP contribution in [0.5, 0.6) is 11.5 Å². The summed E-state index contributed by atoms with van der Waals surface area (Å²) in [6.07, 6.45) is 1.53. The smallest absolute Gasteiger partial charge is 0.211 e. The fraction of sp³-hybridized carbons (Fsp3) is 0.176. The van der Waals surface area contributed by atoms with Crippen LogP contribution < -0.4 is 20.9 Å². The fourth-order valence-corrected chi connectivity index (χ4v) is 1.89. The van der Waals surface area contributed by atoms with Crippen molar-refractivity contribution >= 4 is 12.2 Å². The van der Waals surface area contributed by atoms with Gasteiger partial charge in [0.25, 0.3) is 0 Å². The van der Waals surface area contributed by atoms with Gasteiger partial charge in [0, 0.05) is 0 Å². The lowest BCUT2D eigenvalue weighted by molar-refractivity contribution is 0.284. The summed E-state index contributed by atoms with van der Waals surface area (Å²) in [5.74, 6) is 1.18. The second kappa shape index (κ2) is 7.84. The first kappa shape index (κ1) is 16.4. The molecule has 6 nitrogen and oxygen atoms in total. The number of nitrogens with two attached hydrogens (primary N) is 2. The molecule has 0 heterocycles. The number of guanidine groups is 1. The number of nitrogens with zero attached hydrogens (tertiary/aromatic N) is 2. The van der Waals surface area contributed by atoms with Gasteiger partial charge in [-0.3, -0.25) is 0 Å². The number of hydrogen-bond acceptors (Lipinski definition) is 4. The molecule has 2 aromatic carbocycles. The average Bonchev–Trinajstić information content (AvgIpc) is 2.54. The van der Waals surface area contributed by atoms with Crippen molar-refractivity contribution in [2.45, 2.75) is 13.5 Å². The minimum Gasteiger partial charge on any atom is -0.493 e. The van der Waals surface area contributed by atoms with Crippen LogP contribution in [0.4, 0.5) is 0 Å². The van der Waals surface area contributed by atoms with Gasteiger partial charge >= 0.3 is 0 Å². The van der Waals surface area contributed by atoms with Crippen LogP contribution in [0.2, 0.25) is 0 Å². The van der Waals surface area contributed by atoms with Gasteiger partial charge in [0.15, 0.2) is 11.5 Å². The number of benzene rings is 2. The molecule has 23 heavy (non-hydrogen) atoms. The number of aryl methyl sites for hydroxylation is 1. The molecular weight excluding hydrogens is 292 g/mol. The monoisotopic (exact) mass is 312 g/mol. The van der Waals surface area contributed by atoms with Crippen molar-refractivity contribution in [2.75, 3.05) is 7.11 Å². The lowest BCUT2D eigenvalue weighted by atomic mass is 10.2. The van der Waals surface area contributed by atoms with Crippen molar-refractivity contribution in [3.8, 4) is 11.5 Å². The van der Waals surface area contributed by atoms with Crippen molar-refractivity contribution in [3.05, 3.63) is 59.2 Å². The topological polar surface area (TPSA) is 95.2 Å². The molecule has 120 valence electrons. The Morgan fingerprint density at radius 3 is 2.48 bits per heavy atom. The summed E-state index contributed by atoms with van der Waals surface area (Å²) in [6, 6.07) is 13.7. The summed E-state index contributed by atoms with van der Waals surface area (Å²) in [5.41, 5.74) is 13.5. The largest absolute Gasteiger partial charge is 0.493 e. The molecule has 0 bridgehead atoms. The van der Waals surface area contributed by atoms with E-state index in [9.17, 15) is 0 Å². The molecule has 0 fully saturated rings. The van der Waals surface area contributed by atoms with E-state index in [1.807, 2.05) is 24.3 Å². The quantitative estimate of drug-likeness (QED) is 0.485. The highest BCUT2D eigenvalue weighted by molar-refractivity contribution is 5.82. The van der Waals surface area contributed by atoms with Gasteiger partial charge in [-0.1, -0.05) is 29.8 Å². The molecule has 2 aromatic rings. The Morgan fingerprint density at radius 2 is 1.83 bits per heavy atom. The normalized spacial score (nSPS) is 10.5. The molecule has 0 radical (unpaired) electrons. The molecule has 0 aliphatic rings. The summed E-state index contributed by atoms with van der Waals surface area (Å²) in [6.45, 7) is 2.52. The Bertz CT molecular complexity index is 705. The van der Waals surface area contributed by atoms with Gasteiger partial charge in [-0.2, -0.15) is 5.10 Å². The standard InChI is InChI=1S/C17H20N4O2/c1-12-3-5-13(6-4-12)11-23-15-8-7-14(9-16(15)22-2)10-20-21-17(18)19/h3-10H,11H2,1-2H3,(H4,18,19,21). The number of methoxy groups -OCH3 is 1. The molecule has 0 amide bonds. The van der Waals surface area contributed by atoms with E-state index in [2.05, 4.69) is 29.3 Å². The molecule has 6 heteroatoms. The predicted octanol–water partition coefficient (Wildman–Crippen LogP) is 2.19. The van der Waals surface area contributed by atoms with Gasteiger partial charge in [-0.15, -0.1) is 5.10 Å². The van der Waals surface area contributed by atoms with E-state index >= 15 is 0 Å². The molecule has 0 aromatic heterocycles. The maximum absolute atomic E-state index is 5.81. The third kappa shape index (κ3) is 5.03. The zero-order valence-corrected chi connectivity index (χ0v) is 13.2. The Hall–Kier alpha value is -3.02. The van der Waals surface area contributed by atoms with Gasteiger partial charge in [-0.05, 0) is 36.2 Å². The van der Waals surface area contributed by atoms with E-state index in [4.69, 9.17) is 20.9 Å². The van der Waals surface area contributed by atoms with E-state index in [0.717, 1.165) is 11.1 Å². The van der Waals surface area contributed by atoms with Crippen molar-refractivity contribution in [1.29, 1.82) is 0 Å². The van der Waals surface area contributed by atoms with E-state index in [1.165, 1.54) is 11.8 Å². The maximum Gasteiger partial charge on any atom is 0.211 e. The molecular formula is C17H20N4O2. The lowest BCUT2D eigenvalue weighted by Crippen LogP contribution is -2.21. The number of hydrogen-bond donors (Lipinski definition) is 2. The molecule has 0 spiro atoms. The van der Waals surface area contributed by atoms with E-state index in [-0.39, 0.29) is 5.96 Å². The van der Waals surface area contributed by atoms with Crippen LogP contribution in [-0.2, 0) is 6.61 Å². The van der Waals surface area contributed by atoms with Crippen LogP contribution in [0.25, 0.3) is 0 Å². The second-order valence-corrected chi connectivity index (χ2v) is 4.95. The Labute approximate surface area is 135 Å². The van der Waals surface area contributed by atoms with Crippen LogP contribution >= 0.6 is 0 Å². The maximum atomic E-state index is 5.81. The highest BCUT2D eigenvalue weighted by Gasteiger charge is 2.05. The molecule has 0 aliphatic heterocycles. The van der Waals surface area contributed by atoms with Crippen molar-refractivity contribution in [2.24, 2.45) is 21.7 Å². The third-order valence-electron chi connectivity index (χ3n) is 3.08. The summed E-state index contributed by atoms with van der Waals surface area (Å²) in [5, 5.41) is 7.32. The molecule has 4 N–H and O–H groups in total. The van der Waals surface area contributed by atoms with Gasteiger partial charge < -0.3 is 20.9 Å². The first-order valence-corrected chi connectivity index (χ1v) is 7.07. The van der Waals surface area contributed by atoms with Crippen LogP contribution in [0, 0.1) is 6.92 Å². The summed E-state index contributed by atoms with van der Waals surface area (Å²) in [4.78, 5) is 0. The van der Waals surface area contributed by atoms with Crippen LogP contribution in [-0.4, -0.2) is 19.3 Å². The SMILES string of the molecule is COc1cc(C=NN=C(N)N)ccc1OCc1ccc(C)cc1. The Morgan fingerprint density at radius 1 is 1.09 bits per heavy atom. The molecule has 0 atom stereocenters. The lowest BCUT2D eigenvalue weighted by Gasteiger charge is -2.11. The average molecular weight is 312 g/mol.